The van der Waals surface area contributed by atoms with E-state index in [0.29, 0.717) is 55.5 Å². The van der Waals surface area contributed by atoms with Crippen LogP contribution in [0.1, 0.15) is 26.7 Å². The lowest BCUT2D eigenvalue weighted by Gasteiger charge is -2.31. The molecule has 33 heavy (non-hydrogen) atoms. The second-order valence-electron chi connectivity index (χ2n) is 7.64. The highest BCUT2D eigenvalue weighted by atomic mass is 32.2. The first kappa shape index (κ1) is 25.0. The topological polar surface area (TPSA) is 108 Å². The first-order chi connectivity index (χ1) is 15.8. The Bertz CT molecular complexity index is 1060. The second kappa shape index (κ2) is 11.0. The summed E-state index contributed by atoms with van der Waals surface area (Å²) in [5.74, 6) is 0.241. The molecule has 3 rings (SSSR count). The van der Waals surface area contributed by atoms with Gasteiger partial charge in [0.1, 0.15) is 9.96 Å². The fourth-order valence-corrected chi connectivity index (χ4v) is 6.50. The molecule has 1 atom stereocenters. The van der Waals surface area contributed by atoms with Gasteiger partial charge in [0, 0.05) is 31.9 Å². The standard InChI is InChI=1S/C22H30N4O5S2/c1-4-26(5-2)33(29,30)20-13-12-19(32-20)24-22(28)25-14-6-7-16(15-25)21(27)23-17-8-10-18(31-3)11-9-17/h8-13,16H,4-7,14-15H2,1-3H3,(H,23,27)(H,24,28)/t16-/m0/s1. The van der Waals surface area contributed by atoms with Crippen LogP contribution in [0.5, 0.6) is 5.75 Å². The number of hydrogen-bond acceptors (Lipinski definition) is 6. The number of anilines is 2. The Morgan fingerprint density at radius 2 is 1.82 bits per heavy atom. The van der Waals surface area contributed by atoms with Crippen molar-refractivity contribution in [1.82, 2.24) is 9.21 Å². The predicted octanol–water partition coefficient (Wildman–Crippen LogP) is 3.67. The third kappa shape index (κ3) is 6.04. The third-order valence-electron chi connectivity index (χ3n) is 5.55. The van der Waals surface area contributed by atoms with E-state index in [-0.39, 0.29) is 22.1 Å². The van der Waals surface area contributed by atoms with Crippen molar-refractivity contribution in [1.29, 1.82) is 0 Å². The smallest absolute Gasteiger partial charge is 0.322 e. The number of urea groups is 1. The van der Waals surface area contributed by atoms with E-state index in [9.17, 15) is 18.0 Å². The third-order valence-corrected chi connectivity index (χ3v) is 9.07. The molecule has 11 heteroatoms. The molecule has 0 unspecified atom stereocenters. The van der Waals surface area contributed by atoms with E-state index < -0.39 is 10.0 Å². The van der Waals surface area contributed by atoms with Crippen molar-refractivity contribution < 1.29 is 22.7 Å². The number of methoxy groups -OCH3 is 1. The lowest BCUT2D eigenvalue weighted by Crippen LogP contribution is -2.45. The molecule has 2 N–H and O–H groups in total. The minimum Gasteiger partial charge on any atom is -0.497 e. The highest BCUT2D eigenvalue weighted by Gasteiger charge is 2.29. The average Bonchev–Trinajstić information content (AvgIpc) is 3.29. The molecule has 0 spiro atoms. The largest absolute Gasteiger partial charge is 0.497 e. The Morgan fingerprint density at radius 1 is 1.12 bits per heavy atom. The number of nitrogens with zero attached hydrogens (tertiary/aromatic N) is 2. The number of piperidine rings is 1. The van der Waals surface area contributed by atoms with Gasteiger partial charge in [-0.15, -0.1) is 11.3 Å². The molecule has 1 aromatic carbocycles. The summed E-state index contributed by atoms with van der Waals surface area (Å²) in [6.07, 6.45) is 1.40. The van der Waals surface area contributed by atoms with Crippen LogP contribution in [-0.2, 0) is 14.8 Å². The minimum atomic E-state index is -3.57. The molecule has 1 saturated heterocycles. The van der Waals surface area contributed by atoms with E-state index in [0.717, 1.165) is 11.3 Å². The van der Waals surface area contributed by atoms with Gasteiger partial charge in [-0.3, -0.25) is 10.1 Å². The van der Waals surface area contributed by atoms with E-state index in [1.54, 1.807) is 56.2 Å². The molecule has 9 nitrogen and oxygen atoms in total. The molecule has 180 valence electrons. The Labute approximate surface area is 198 Å². The zero-order valence-corrected chi connectivity index (χ0v) is 20.7. The molecule has 2 aromatic rings. The molecular weight excluding hydrogens is 464 g/mol. The van der Waals surface area contributed by atoms with E-state index in [1.165, 1.54) is 10.4 Å². The SMILES string of the molecule is CCN(CC)S(=O)(=O)c1ccc(NC(=O)N2CCC[C@H](C(=O)Nc3ccc(OC)cc3)C2)s1. The molecule has 0 aliphatic carbocycles. The van der Waals surface area contributed by atoms with Crippen LogP contribution in [0.15, 0.2) is 40.6 Å². The van der Waals surface area contributed by atoms with Gasteiger partial charge in [0.2, 0.25) is 5.91 Å². The number of likely N-dealkylation sites (tertiary alicyclic amines) is 1. The number of benzene rings is 1. The van der Waals surface area contributed by atoms with Gasteiger partial charge in [-0.25, -0.2) is 13.2 Å². The van der Waals surface area contributed by atoms with Crippen LogP contribution in [-0.4, -0.2) is 62.9 Å². The van der Waals surface area contributed by atoms with Gasteiger partial charge >= 0.3 is 6.03 Å². The average molecular weight is 495 g/mol. The molecule has 1 aromatic heterocycles. The van der Waals surface area contributed by atoms with Crippen LogP contribution >= 0.6 is 11.3 Å². The van der Waals surface area contributed by atoms with Crippen molar-refractivity contribution in [3.63, 3.8) is 0 Å². The van der Waals surface area contributed by atoms with Gasteiger partial charge in [0.25, 0.3) is 10.0 Å². The molecule has 1 aliphatic rings. The van der Waals surface area contributed by atoms with Crippen LogP contribution < -0.4 is 15.4 Å². The van der Waals surface area contributed by atoms with Crippen LogP contribution in [0.4, 0.5) is 15.5 Å². The number of thiophene rings is 1. The van der Waals surface area contributed by atoms with Gasteiger partial charge < -0.3 is 15.0 Å². The monoisotopic (exact) mass is 494 g/mol. The maximum absolute atomic E-state index is 12.8. The van der Waals surface area contributed by atoms with Crippen molar-refractivity contribution in [2.75, 3.05) is 43.9 Å². The van der Waals surface area contributed by atoms with Gasteiger partial charge in [-0.05, 0) is 49.2 Å². The summed E-state index contributed by atoms with van der Waals surface area (Å²) in [5.41, 5.74) is 0.669. The zero-order valence-electron chi connectivity index (χ0n) is 19.0. The van der Waals surface area contributed by atoms with Crippen molar-refractivity contribution >= 4 is 44.0 Å². The molecule has 2 heterocycles. The maximum atomic E-state index is 12.8. The van der Waals surface area contributed by atoms with Crippen molar-refractivity contribution in [2.45, 2.75) is 30.9 Å². The lowest BCUT2D eigenvalue weighted by atomic mass is 9.97. The first-order valence-corrected chi connectivity index (χ1v) is 13.1. The van der Waals surface area contributed by atoms with E-state index in [1.807, 2.05) is 0 Å². The second-order valence-corrected chi connectivity index (χ2v) is 10.9. The highest BCUT2D eigenvalue weighted by molar-refractivity contribution is 7.91. The molecule has 1 aliphatic heterocycles. The van der Waals surface area contributed by atoms with Crippen LogP contribution in [0.25, 0.3) is 0 Å². The van der Waals surface area contributed by atoms with Crippen LogP contribution in [0, 0.1) is 5.92 Å². The number of hydrogen-bond donors (Lipinski definition) is 2. The summed E-state index contributed by atoms with van der Waals surface area (Å²) in [7, 11) is -1.99. The first-order valence-electron chi connectivity index (χ1n) is 10.9. The quantitative estimate of drug-likeness (QED) is 0.582. The summed E-state index contributed by atoms with van der Waals surface area (Å²) in [5, 5.41) is 6.12. The predicted molar refractivity (Wildman–Crippen MR) is 129 cm³/mol. The summed E-state index contributed by atoms with van der Waals surface area (Å²) >= 11 is 1.03. The molecular formula is C22H30N4O5S2. The number of amides is 3. The van der Waals surface area contributed by atoms with Crippen molar-refractivity contribution in [3.05, 3.63) is 36.4 Å². The molecule has 1 fully saturated rings. The normalized spacial score (nSPS) is 16.5. The Morgan fingerprint density at radius 3 is 2.45 bits per heavy atom. The van der Waals surface area contributed by atoms with Crippen LogP contribution in [0.2, 0.25) is 0 Å². The molecule has 0 saturated carbocycles. The fraction of sp³-hybridized carbons (Fsp3) is 0.455. The number of carbonyl (C=O) groups excluding carboxylic acids is 2. The lowest BCUT2D eigenvalue weighted by molar-refractivity contribution is -0.121. The van der Waals surface area contributed by atoms with Gasteiger partial charge in [0.15, 0.2) is 0 Å². The number of sulfonamides is 1. The Hall–Kier alpha value is -2.63. The Kier molecular flexibility index (Phi) is 8.33. The van der Waals surface area contributed by atoms with E-state index >= 15 is 0 Å². The number of ether oxygens (including phenoxy) is 1. The van der Waals surface area contributed by atoms with Crippen LogP contribution in [0.3, 0.4) is 0 Å². The van der Waals surface area contributed by atoms with Gasteiger partial charge in [-0.1, -0.05) is 13.8 Å². The minimum absolute atomic E-state index is 0.138. The van der Waals surface area contributed by atoms with E-state index in [4.69, 9.17) is 4.74 Å². The summed E-state index contributed by atoms with van der Waals surface area (Å²) in [6, 6.07) is 9.84. The Balaban J connectivity index is 1.59. The summed E-state index contributed by atoms with van der Waals surface area (Å²) < 4.78 is 32.0. The van der Waals surface area contributed by atoms with Crippen molar-refractivity contribution in [2.24, 2.45) is 5.92 Å². The molecule has 0 bridgehead atoms. The fourth-order valence-electron chi connectivity index (χ4n) is 3.70. The number of rotatable bonds is 8. The highest BCUT2D eigenvalue weighted by Crippen LogP contribution is 2.29. The van der Waals surface area contributed by atoms with E-state index in [2.05, 4.69) is 10.6 Å². The number of carbonyl (C=O) groups is 2. The zero-order chi connectivity index (χ0) is 24.0. The van der Waals surface area contributed by atoms with Gasteiger partial charge in [-0.2, -0.15) is 4.31 Å². The number of nitrogens with one attached hydrogen (secondary N) is 2. The van der Waals surface area contributed by atoms with Crippen molar-refractivity contribution in [3.8, 4) is 5.75 Å². The summed E-state index contributed by atoms with van der Waals surface area (Å²) in [6.45, 7) is 5.17. The molecule has 3 amide bonds. The summed E-state index contributed by atoms with van der Waals surface area (Å²) in [4.78, 5) is 27.1. The van der Waals surface area contributed by atoms with Gasteiger partial charge in [0.05, 0.1) is 18.0 Å². The molecule has 0 radical (unpaired) electrons. The maximum Gasteiger partial charge on any atom is 0.322 e.